The van der Waals surface area contributed by atoms with E-state index in [1.54, 1.807) is 6.07 Å². The van der Waals surface area contributed by atoms with Crippen LogP contribution in [0.2, 0.25) is 0 Å². The molecule has 0 bridgehead atoms. The summed E-state index contributed by atoms with van der Waals surface area (Å²) in [6, 6.07) is 7.51. The maximum absolute atomic E-state index is 12.5. The number of carbonyl (C=O) groups excluding carboxylic acids is 1. The largest absolute Gasteiger partial charge is 0.469 e. The van der Waals surface area contributed by atoms with Gasteiger partial charge in [-0.2, -0.15) is 13.2 Å². The minimum Gasteiger partial charge on any atom is -0.469 e. The molecular weight excluding hydrogens is 257 g/mol. The van der Waals surface area contributed by atoms with Crippen LogP contribution in [0.4, 0.5) is 13.2 Å². The predicted octanol–water partition coefficient (Wildman–Crippen LogP) is 3.11. The predicted molar refractivity (Wildman–Crippen MR) is 56.9 cm³/mol. The van der Waals surface area contributed by atoms with Gasteiger partial charge in [0.25, 0.3) is 0 Å². The molecule has 0 spiro atoms. The van der Waals surface area contributed by atoms with Crippen LogP contribution < -0.4 is 0 Å². The number of rotatable bonds is 3. The number of hydrogen-bond acceptors (Lipinski definition) is 2. The molecule has 1 aromatic carbocycles. The third-order valence-electron chi connectivity index (χ3n) is 2.22. The van der Waals surface area contributed by atoms with Crippen LogP contribution in [-0.4, -0.2) is 24.6 Å². The highest BCUT2D eigenvalue weighted by Crippen LogP contribution is 2.36. The van der Waals surface area contributed by atoms with E-state index in [4.69, 9.17) is 11.6 Å². The van der Waals surface area contributed by atoms with E-state index in [1.807, 2.05) is 0 Å². The molecule has 0 aromatic heterocycles. The van der Waals surface area contributed by atoms with Crippen LogP contribution in [0.15, 0.2) is 30.3 Å². The van der Waals surface area contributed by atoms with Gasteiger partial charge in [-0.3, -0.25) is 4.79 Å². The van der Waals surface area contributed by atoms with Crippen molar-refractivity contribution in [3.05, 3.63) is 35.9 Å². The fraction of sp³-hybridized carbons (Fsp3) is 0.364. The summed E-state index contributed by atoms with van der Waals surface area (Å²) in [4.78, 5) is 11.4. The molecule has 0 amide bonds. The van der Waals surface area contributed by atoms with Crippen molar-refractivity contribution in [1.29, 1.82) is 0 Å². The van der Waals surface area contributed by atoms with Gasteiger partial charge in [-0.25, -0.2) is 0 Å². The number of alkyl halides is 4. The third-order valence-corrected chi connectivity index (χ3v) is 2.72. The van der Waals surface area contributed by atoms with E-state index in [9.17, 15) is 18.0 Å². The molecule has 0 aliphatic heterocycles. The zero-order valence-electron chi connectivity index (χ0n) is 8.87. The molecule has 2 nitrogen and oxygen atoms in total. The Balaban J connectivity index is 3.10. The highest BCUT2D eigenvalue weighted by atomic mass is 35.5. The Labute approximate surface area is 101 Å². The molecule has 0 saturated heterocycles. The number of esters is 1. The highest BCUT2D eigenvalue weighted by Gasteiger charge is 2.47. The van der Waals surface area contributed by atoms with Crippen LogP contribution in [0, 0.1) is 0 Å². The van der Waals surface area contributed by atoms with Gasteiger partial charge in [0.2, 0.25) is 0 Å². The standard InChI is InChI=1S/C11H10ClF3O2/c1-17-10(16)8(9(12)11(13,14)15)7-5-3-2-4-6-7/h2-6,8-9H,1H3. The summed E-state index contributed by atoms with van der Waals surface area (Å²) in [5.74, 6) is -2.56. The molecule has 0 heterocycles. The lowest BCUT2D eigenvalue weighted by Crippen LogP contribution is -2.35. The molecule has 2 atom stereocenters. The van der Waals surface area contributed by atoms with Crippen molar-refractivity contribution in [2.75, 3.05) is 7.11 Å². The highest BCUT2D eigenvalue weighted by molar-refractivity contribution is 6.23. The summed E-state index contributed by atoms with van der Waals surface area (Å²) in [6.45, 7) is 0. The first kappa shape index (κ1) is 13.8. The number of hydrogen-bond donors (Lipinski definition) is 0. The van der Waals surface area contributed by atoms with E-state index >= 15 is 0 Å². The van der Waals surface area contributed by atoms with Crippen LogP contribution in [0.3, 0.4) is 0 Å². The van der Waals surface area contributed by atoms with Crippen LogP contribution >= 0.6 is 11.6 Å². The molecule has 0 N–H and O–H groups in total. The number of methoxy groups -OCH3 is 1. The average Bonchev–Trinajstić information content (AvgIpc) is 2.29. The van der Waals surface area contributed by atoms with Gasteiger partial charge >= 0.3 is 12.1 Å². The number of ether oxygens (including phenoxy) is 1. The van der Waals surface area contributed by atoms with E-state index in [0.29, 0.717) is 0 Å². The Kier molecular flexibility index (Phi) is 4.40. The van der Waals surface area contributed by atoms with Gasteiger partial charge < -0.3 is 4.74 Å². The van der Waals surface area contributed by atoms with Gasteiger partial charge in [0.05, 0.1) is 7.11 Å². The molecule has 0 fully saturated rings. The smallest absolute Gasteiger partial charge is 0.406 e. The minimum atomic E-state index is -4.67. The summed E-state index contributed by atoms with van der Waals surface area (Å²) >= 11 is 5.31. The quantitative estimate of drug-likeness (QED) is 0.621. The Morgan fingerprint density at radius 1 is 1.29 bits per heavy atom. The maximum atomic E-state index is 12.5. The van der Waals surface area contributed by atoms with Crippen molar-refractivity contribution < 1.29 is 22.7 Å². The molecule has 1 rings (SSSR count). The fourth-order valence-electron chi connectivity index (χ4n) is 1.40. The molecule has 0 saturated carbocycles. The summed E-state index contributed by atoms with van der Waals surface area (Å²) in [6.07, 6.45) is -4.67. The maximum Gasteiger partial charge on any atom is 0.406 e. The number of carbonyl (C=O) groups is 1. The van der Waals surface area contributed by atoms with Gasteiger partial charge in [-0.15, -0.1) is 11.6 Å². The van der Waals surface area contributed by atoms with Gasteiger partial charge in [0.1, 0.15) is 11.3 Å². The van der Waals surface area contributed by atoms with E-state index < -0.39 is 23.4 Å². The van der Waals surface area contributed by atoms with Gasteiger partial charge in [-0.05, 0) is 5.56 Å². The molecule has 1 aromatic rings. The Bertz CT molecular complexity index is 378. The molecular formula is C11H10ClF3O2. The zero-order chi connectivity index (χ0) is 13.1. The van der Waals surface area contributed by atoms with Crippen molar-refractivity contribution in [2.45, 2.75) is 17.5 Å². The van der Waals surface area contributed by atoms with Crippen molar-refractivity contribution in [3.8, 4) is 0 Å². The van der Waals surface area contributed by atoms with Crippen molar-refractivity contribution in [2.24, 2.45) is 0 Å². The monoisotopic (exact) mass is 266 g/mol. The van der Waals surface area contributed by atoms with E-state index in [-0.39, 0.29) is 5.56 Å². The van der Waals surface area contributed by atoms with E-state index in [1.165, 1.54) is 24.3 Å². The van der Waals surface area contributed by atoms with Crippen molar-refractivity contribution in [3.63, 3.8) is 0 Å². The van der Waals surface area contributed by atoms with Crippen LogP contribution in [-0.2, 0) is 9.53 Å². The lowest BCUT2D eigenvalue weighted by Gasteiger charge is -2.22. The van der Waals surface area contributed by atoms with E-state index in [0.717, 1.165) is 7.11 Å². The first-order valence-electron chi connectivity index (χ1n) is 4.71. The van der Waals surface area contributed by atoms with Gasteiger partial charge in [0.15, 0.2) is 0 Å². The Morgan fingerprint density at radius 2 is 1.82 bits per heavy atom. The number of halogens is 4. The molecule has 17 heavy (non-hydrogen) atoms. The summed E-state index contributed by atoms with van der Waals surface area (Å²) in [5.41, 5.74) is 0.177. The summed E-state index contributed by atoms with van der Waals surface area (Å²) in [7, 11) is 1.03. The third kappa shape index (κ3) is 3.36. The van der Waals surface area contributed by atoms with Crippen LogP contribution in [0.1, 0.15) is 11.5 Å². The topological polar surface area (TPSA) is 26.3 Å². The fourth-order valence-corrected chi connectivity index (χ4v) is 1.65. The van der Waals surface area contributed by atoms with Crippen molar-refractivity contribution in [1.82, 2.24) is 0 Å². The minimum absolute atomic E-state index is 0.177. The average molecular weight is 267 g/mol. The second-order valence-corrected chi connectivity index (χ2v) is 3.83. The first-order valence-corrected chi connectivity index (χ1v) is 5.15. The van der Waals surface area contributed by atoms with Gasteiger partial charge in [-0.1, -0.05) is 30.3 Å². The zero-order valence-corrected chi connectivity index (χ0v) is 9.63. The Morgan fingerprint density at radius 3 is 2.24 bits per heavy atom. The molecule has 0 aliphatic carbocycles. The molecule has 6 heteroatoms. The van der Waals surface area contributed by atoms with E-state index in [2.05, 4.69) is 4.74 Å². The van der Waals surface area contributed by atoms with Gasteiger partial charge in [0, 0.05) is 0 Å². The summed E-state index contributed by atoms with van der Waals surface area (Å²) < 4.78 is 42.0. The van der Waals surface area contributed by atoms with Crippen LogP contribution in [0.25, 0.3) is 0 Å². The van der Waals surface area contributed by atoms with Crippen molar-refractivity contribution >= 4 is 17.6 Å². The summed E-state index contributed by atoms with van der Waals surface area (Å²) in [5, 5.41) is -2.31. The second kappa shape index (κ2) is 5.40. The lowest BCUT2D eigenvalue weighted by molar-refractivity contribution is -0.157. The molecule has 0 radical (unpaired) electrons. The molecule has 2 unspecified atom stereocenters. The Hall–Kier alpha value is -1.23. The molecule has 94 valence electrons. The van der Waals surface area contributed by atoms with Crippen LogP contribution in [0.5, 0.6) is 0 Å². The lowest BCUT2D eigenvalue weighted by atomic mass is 9.95. The first-order chi connectivity index (χ1) is 7.88. The molecule has 0 aliphatic rings. The number of benzene rings is 1. The normalized spacial score (nSPS) is 15.1. The SMILES string of the molecule is COC(=O)C(c1ccccc1)C(Cl)C(F)(F)F. The second-order valence-electron chi connectivity index (χ2n) is 3.35.